The number of carbonyl (C=O) groups is 1. The molecule has 1 saturated heterocycles. The molecule has 1 atom stereocenters. The van der Waals surface area contributed by atoms with Gasteiger partial charge in [-0.1, -0.05) is 18.2 Å². The number of hydrogen-bond acceptors (Lipinski definition) is 5. The number of para-hydroxylation sites is 1. The van der Waals surface area contributed by atoms with E-state index in [1.807, 2.05) is 48.2 Å². The predicted octanol–water partition coefficient (Wildman–Crippen LogP) is 4.88. The first-order valence-corrected chi connectivity index (χ1v) is 11.0. The van der Waals surface area contributed by atoms with Crippen molar-refractivity contribution in [3.05, 3.63) is 53.6 Å². The molecule has 1 fully saturated rings. The number of nitrogens with zero attached hydrogens (tertiary/aromatic N) is 1. The van der Waals surface area contributed by atoms with E-state index in [1.165, 1.54) is 0 Å². The standard InChI is InChI=1S/C25H33NO5/c1-4-30-25(27)26-14-7-9-21(26)13-15-31-24-10-6-5-8-20(24)12-11-19-16-22(28-2)18-23(17-19)29-3/h5-6,8,10,16-18,21H,4,7,9,11-15H2,1-3H3. The molecule has 1 unspecified atom stereocenters. The van der Waals surface area contributed by atoms with Gasteiger partial charge in [0.1, 0.15) is 17.2 Å². The number of amides is 1. The van der Waals surface area contributed by atoms with E-state index in [0.29, 0.717) is 13.2 Å². The molecule has 0 radical (unpaired) electrons. The van der Waals surface area contributed by atoms with Crippen LogP contribution in [0.2, 0.25) is 0 Å². The van der Waals surface area contributed by atoms with Crippen molar-refractivity contribution in [3.63, 3.8) is 0 Å². The van der Waals surface area contributed by atoms with Crippen LogP contribution in [0.25, 0.3) is 0 Å². The van der Waals surface area contributed by atoms with Gasteiger partial charge in [0.2, 0.25) is 0 Å². The fraction of sp³-hybridized carbons (Fsp3) is 0.480. The van der Waals surface area contributed by atoms with Gasteiger partial charge >= 0.3 is 6.09 Å². The van der Waals surface area contributed by atoms with Crippen molar-refractivity contribution in [2.24, 2.45) is 0 Å². The average Bonchev–Trinajstić information content (AvgIpc) is 3.27. The summed E-state index contributed by atoms with van der Waals surface area (Å²) in [4.78, 5) is 13.9. The average molecular weight is 428 g/mol. The third kappa shape index (κ3) is 6.29. The molecule has 1 aliphatic rings. The molecular formula is C25H33NO5. The summed E-state index contributed by atoms with van der Waals surface area (Å²) in [5.74, 6) is 2.49. The number of rotatable bonds is 10. The van der Waals surface area contributed by atoms with Gasteiger partial charge in [-0.05, 0) is 61.9 Å². The molecule has 6 nitrogen and oxygen atoms in total. The maximum Gasteiger partial charge on any atom is 0.409 e. The van der Waals surface area contributed by atoms with E-state index >= 15 is 0 Å². The van der Waals surface area contributed by atoms with Gasteiger partial charge in [0.25, 0.3) is 0 Å². The lowest BCUT2D eigenvalue weighted by Gasteiger charge is -2.24. The highest BCUT2D eigenvalue weighted by Gasteiger charge is 2.29. The van der Waals surface area contributed by atoms with Crippen LogP contribution in [-0.4, -0.2) is 51.0 Å². The third-order valence-electron chi connectivity index (χ3n) is 5.65. The summed E-state index contributed by atoms with van der Waals surface area (Å²) in [7, 11) is 3.32. The van der Waals surface area contributed by atoms with Crippen LogP contribution in [0.1, 0.15) is 37.3 Å². The van der Waals surface area contributed by atoms with Crippen molar-refractivity contribution in [3.8, 4) is 17.2 Å². The highest BCUT2D eigenvalue weighted by atomic mass is 16.6. The minimum Gasteiger partial charge on any atom is -0.497 e. The smallest absolute Gasteiger partial charge is 0.409 e. The fourth-order valence-electron chi connectivity index (χ4n) is 4.03. The van der Waals surface area contributed by atoms with Crippen molar-refractivity contribution < 1.29 is 23.7 Å². The number of likely N-dealkylation sites (tertiary alicyclic amines) is 1. The van der Waals surface area contributed by atoms with Crippen LogP contribution in [0, 0.1) is 0 Å². The van der Waals surface area contributed by atoms with Crippen LogP contribution >= 0.6 is 0 Å². The first-order chi connectivity index (χ1) is 15.1. The second-order valence-electron chi connectivity index (χ2n) is 7.65. The Kier molecular flexibility index (Phi) is 8.44. The molecule has 0 saturated carbocycles. The Morgan fingerprint density at radius 2 is 1.81 bits per heavy atom. The quantitative estimate of drug-likeness (QED) is 0.541. The first kappa shape index (κ1) is 22.8. The molecule has 1 aliphatic heterocycles. The zero-order chi connectivity index (χ0) is 22.1. The molecule has 1 heterocycles. The second-order valence-corrected chi connectivity index (χ2v) is 7.65. The molecule has 0 aromatic heterocycles. The second kappa shape index (κ2) is 11.5. The van der Waals surface area contributed by atoms with E-state index in [-0.39, 0.29) is 12.1 Å². The molecule has 168 valence electrons. The van der Waals surface area contributed by atoms with Crippen LogP contribution in [0.3, 0.4) is 0 Å². The third-order valence-corrected chi connectivity index (χ3v) is 5.65. The summed E-state index contributed by atoms with van der Waals surface area (Å²) in [6.45, 7) is 3.59. The van der Waals surface area contributed by atoms with Gasteiger partial charge in [-0.2, -0.15) is 0 Å². The molecule has 31 heavy (non-hydrogen) atoms. The summed E-state index contributed by atoms with van der Waals surface area (Å²) < 4.78 is 22.1. The topological polar surface area (TPSA) is 57.2 Å². The Bertz CT molecular complexity index is 831. The van der Waals surface area contributed by atoms with E-state index in [1.54, 1.807) is 14.2 Å². The predicted molar refractivity (Wildman–Crippen MR) is 120 cm³/mol. The minimum absolute atomic E-state index is 0.190. The zero-order valence-electron chi connectivity index (χ0n) is 18.8. The highest BCUT2D eigenvalue weighted by Crippen LogP contribution is 2.26. The Labute approximate surface area is 185 Å². The molecule has 3 rings (SSSR count). The first-order valence-electron chi connectivity index (χ1n) is 11.0. The Hall–Kier alpha value is -2.89. The zero-order valence-corrected chi connectivity index (χ0v) is 18.8. The van der Waals surface area contributed by atoms with Gasteiger partial charge < -0.3 is 23.8 Å². The van der Waals surface area contributed by atoms with Gasteiger partial charge in [0.05, 0.1) is 27.4 Å². The molecule has 0 bridgehead atoms. The van der Waals surface area contributed by atoms with Crippen molar-refractivity contribution in [2.75, 3.05) is 34.0 Å². The molecule has 2 aromatic rings. The number of ether oxygens (including phenoxy) is 4. The van der Waals surface area contributed by atoms with Gasteiger partial charge in [-0.15, -0.1) is 0 Å². The van der Waals surface area contributed by atoms with E-state index in [0.717, 1.165) is 67.0 Å². The number of methoxy groups -OCH3 is 2. The summed E-state index contributed by atoms with van der Waals surface area (Å²) in [6, 6.07) is 14.3. The van der Waals surface area contributed by atoms with Gasteiger partial charge in [-0.25, -0.2) is 4.79 Å². The number of carbonyl (C=O) groups excluding carboxylic acids is 1. The van der Waals surface area contributed by atoms with Crippen LogP contribution in [0.4, 0.5) is 4.79 Å². The lowest BCUT2D eigenvalue weighted by molar-refractivity contribution is 0.0983. The summed E-state index contributed by atoms with van der Waals surface area (Å²) >= 11 is 0. The van der Waals surface area contributed by atoms with E-state index < -0.39 is 0 Å². The van der Waals surface area contributed by atoms with E-state index in [9.17, 15) is 4.79 Å². The van der Waals surface area contributed by atoms with Crippen LogP contribution in [-0.2, 0) is 17.6 Å². The van der Waals surface area contributed by atoms with Crippen LogP contribution in [0.15, 0.2) is 42.5 Å². The van der Waals surface area contributed by atoms with Crippen molar-refractivity contribution in [2.45, 2.75) is 45.1 Å². The Balaban J connectivity index is 1.56. The van der Waals surface area contributed by atoms with Gasteiger partial charge in [-0.3, -0.25) is 0 Å². The minimum atomic E-state index is -0.209. The summed E-state index contributed by atoms with van der Waals surface area (Å²) in [5.41, 5.74) is 2.32. The summed E-state index contributed by atoms with van der Waals surface area (Å²) in [5, 5.41) is 0. The monoisotopic (exact) mass is 427 g/mol. The van der Waals surface area contributed by atoms with Gasteiger partial charge in [0, 0.05) is 25.1 Å². The van der Waals surface area contributed by atoms with Crippen molar-refractivity contribution >= 4 is 6.09 Å². The van der Waals surface area contributed by atoms with Gasteiger partial charge in [0.15, 0.2) is 0 Å². The number of hydrogen-bond donors (Lipinski definition) is 0. The maximum atomic E-state index is 12.1. The lowest BCUT2D eigenvalue weighted by atomic mass is 10.0. The van der Waals surface area contributed by atoms with Crippen molar-refractivity contribution in [1.82, 2.24) is 4.90 Å². The van der Waals surface area contributed by atoms with Crippen LogP contribution < -0.4 is 14.2 Å². The largest absolute Gasteiger partial charge is 0.497 e. The highest BCUT2D eigenvalue weighted by molar-refractivity contribution is 5.68. The van der Waals surface area contributed by atoms with Crippen LogP contribution in [0.5, 0.6) is 17.2 Å². The maximum absolute atomic E-state index is 12.1. The molecular weight excluding hydrogens is 394 g/mol. The Morgan fingerprint density at radius 3 is 2.52 bits per heavy atom. The Morgan fingerprint density at radius 1 is 1.06 bits per heavy atom. The fourth-order valence-corrected chi connectivity index (χ4v) is 4.03. The van der Waals surface area contributed by atoms with E-state index in [2.05, 4.69) is 6.07 Å². The molecule has 0 aliphatic carbocycles. The lowest BCUT2D eigenvalue weighted by Crippen LogP contribution is -2.36. The van der Waals surface area contributed by atoms with Crippen molar-refractivity contribution in [1.29, 1.82) is 0 Å². The molecule has 6 heteroatoms. The molecule has 1 amide bonds. The van der Waals surface area contributed by atoms with E-state index in [4.69, 9.17) is 18.9 Å². The number of aryl methyl sites for hydroxylation is 2. The number of benzene rings is 2. The summed E-state index contributed by atoms with van der Waals surface area (Å²) in [6.07, 6.45) is 4.32. The molecule has 2 aromatic carbocycles. The molecule has 0 spiro atoms. The SMILES string of the molecule is CCOC(=O)N1CCCC1CCOc1ccccc1CCc1cc(OC)cc(OC)c1. The normalized spacial score (nSPS) is 15.6. The molecule has 0 N–H and O–H groups in total.